The normalized spacial score (nSPS) is 48.2. The molecule has 2 aliphatic carbocycles. The minimum atomic E-state index is -2.61. The molecule has 1 nitrogen and oxygen atoms in total. The number of halogens is 2. The molecule has 13 heavy (non-hydrogen) atoms. The summed E-state index contributed by atoms with van der Waals surface area (Å²) < 4.78 is 27.1. The van der Waals surface area contributed by atoms with E-state index >= 15 is 0 Å². The van der Waals surface area contributed by atoms with Crippen molar-refractivity contribution in [1.82, 2.24) is 0 Å². The molecule has 2 rings (SSSR count). The fourth-order valence-electron chi connectivity index (χ4n) is 2.80. The van der Waals surface area contributed by atoms with E-state index in [4.69, 9.17) is 0 Å². The fourth-order valence-corrected chi connectivity index (χ4v) is 2.80. The highest BCUT2D eigenvalue weighted by Crippen LogP contribution is 2.55. The molecule has 0 aromatic rings. The van der Waals surface area contributed by atoms with Gasteiger partial charge in [0.05, 0.1) is 0 Å². The van der Waals surface area contributed by atoms with Gasteiger partial charge in [-0.25, -0.2) is 8.78 Å². The number of hydrogen-bond acceptors (Lipinski definition) is 1. The maximum atomic E-state index is 13.6. The van der Waals surface area contributed by atoms with Crippen LogP contribution in [0.2, 0.25) is 0 Å². The van der Waals surface area contributed by atoms with Crippen molar-refractivity contribution in [2.75, 3.05) is 0 Å². The Morgan fingerprint density at radius 2 is 1.92 bits per heavy atom. The summed E-state index contributed by atoms with van der Waals surface area (Å²) in [6.07, 6.45) is 1.16. The third-order valence-electron chi connectivity index (χ3n) is 3.80. The Morgan fingerprint density at radius 3 is 2.54 bits per heavy atom. The Bertz CT molecular complexity index is 249. The monoisotopic (exact) mass is 188 g/mol. The molecule has 74 valence electrons. The van der Waals surface area contributed by atoms with Gasteiger partial charge in [-0.3, -0.25) is 4.79 Å². The predicted molar refractivity (Wildman–Crippen MR) is 44.5 cm³/mol. The topological polar surface area (TPSA) is 17.1 Å². The Hall–Kier alpha value is -0.470. The standard InChI is InChI=1S/C10H14F2O/c1-5-3-4-7-8(10(5,11)12)6(2)9(7)13/h5-8H,3-4H2,1-2H3/t5-,6-,7+,8+/m0/s1. The first-order valence-electron chi connectivity index (χ1n) is 4.87. The first kappa shape index (κ1) is 9.10. The smallest absolute Gasteiger partial charge is 0.254 e. The lowest BCUT2D eigenvalue weighted by molar-refractivity contribution is -0.202. The first-order valence-corrected chi connectivity index (χ1v) is 4.87. The third kappa shape index (κ3) is 0.990. The Morgan fingerprint density at radius 1 is 1.31 bits per heavy atom. The van der Waals surface area contributed by atoms with Gasteiger partial charge in [-0.2, -0.15) is 0 Å². The van der Waals surface area contributed by atoms with E-state index in [0.717, 1.165) is 0 Å². The average Bonchev–Trinajstić information content (AvgIpc) is 2.08. The van der Waals surface area contributed by atoms with Crippen LogP contribution in [0.15, 0.2) is 0 Å². The van der Waals surface area contributed by atoms with Gasteiger partial charge in [0.25, 0.3) is 5.92 Å². The highest BCUT2D eigenvalue weighted by Gasteiger charge is 2.63. The number of ketones is 1. The van der Waals surface area contributed by atoms with Crippen LogP contribution in [0.3, 0.4) is 0 Å². The molecular formula is C10H14F2O. The van der Waals surface area contributed by atoms with Crippen molar-refractivity contribution in [3.05, 3.63) is 0 Å². The maximum Gasteiger partial charge on any atom is 0.254 e. The molecule has 0 heterocycles. The zero-order chi connectivity index (χ0) is 9.80. The summed E-state index contributed by atoms with van der Waals surface area (Å²) in [7, 11) is 0. The van der Waals surface area contributed by atoms with E-state index in [-0.39, 0.29) is 11.7 Å². The number of carbonyl (C=O) groups excluding carboxylic acids is 1. The van der Waals surface area contributed by atoms with Gasteiger partial charge >= 0.3 is 0 Å². The van der Waals surface area contributed by atoms with Gasteiger partial charge in [0.2, 0.25) is 0 Å². The summed E-state index contributed by atoms with van der Waals surface area (Å²) in [4.78, 5) is 11.3. The van der Waals surface area contributed by atoms with Crippen molar-refractivity contribution in [1.29, 1.82) is 0 Å². The lowest BCUT2D eigenvalue weighted by atomic mass is 9.54. The maximum absolute atomic E-state index is 13.6. The third-order valence-corrected chi connectivity index (χ3v) is 3.80. The van der Waals surface area contributed by atoms with E-state index in [1.807, 2.05) is 0 Å². The molecule has 0 radical (unpaired) electrons. The van der Waals surface area contributed by atoms with E-state index in [1.165, 1.54) is 0 Å². The lowest BCUT2D eigenvalue weighted by Gasteiger charge is -2.51. The zero-order valence-corrected chi connectivity index (χ0v) is 7.89. The van der Waals surface area contributed by atoms with Crippen LogP contribution in [-0.4, -0.2) is 11.7 Å². The van der Waals surface area contributed by atoms with Crippen molar-refractivity contribution in [3.63, 3.8) is 0 Å². The van der Waals surface area contributed by atoms with Crippen LogP contribution in [0, 0.1) is 23.7 Å². The van der Waals surface area contributed by atoms with Crippen LogP contribution in [-0.2, 0) is 4.79 Å². The molecule has 0 amide bonds. The molecule has 2 saturated carbocycles. The molecule has 3 heteroatoms. The molecule has 0 saturated heterocycles. The van der Waals surface area contributed by atoms with Crippen molar-refractivity contribution >= 4 is 5.78 Å². The lowest BCUT2D eigenvalue weighted by Crippen LogP contribution is -2.59. The first-order chi connectivity index (χ1) is 5.96. The second-order valence-corrected chi connectivity index (χ2v) is 4.48. The highest BCUT2D eigenvalue weighted by molar-refractivity contribution is 5.90. The van der Waals surface area contributed by atoms with Crippen molar-refractivity contribution < 1.29 is 13.6 Å². The number of rotatable bonds is 0. The molecule has 4 atom stereocenters. The molecule has 0 bridgehead atoms. The molecule has 0 spiro atoms. The summed E-state index contributed by atoms with van der Waals surface area (Å²) in [5, 5.41) is 0. The minimum absolute atomic E-state index is 0.0524. The second-order valence-electron chi connectivity index (χ2n) is 4.48. The van der Waals surface area contributed by atoms with Gasteiger partial charge in [0, 0.05) is 23.7 Å². The van der Waals surface area contributed by atoms with Gasteiger partial charge in [-0.1, -0.05) is 13.8 Å². The van der Waals surface area contributed by atoms with Gasteiger partial charge in [-0.15, -0.1) is 0 Å². The molecule has 0 N–H and O–H groups in total. The number of fused-ring (bicyclic) bond motifs is 1. The van der Waals surface area contributed by atoms with Crippen LogP contribution < -0.4 is 0 Å². The van der Waals surface area contributed by atoms with E-state index in [9.17, 15) is 13.6 Å². The molecule has 0 aromatic heterocycles. The van der Waals surface area contributed by atoms with Crippen molar-refractivity contribution in [2.24, 2.45) is 23.7 Å². The van der Waals surface area contributed by atoms with Gasteiger partial charge in [0.1, 0.15) is 5.78 Å². The molecule has 0 unspecified atom stereocenters. The Kier molecular flexibility index (Phi) is 1.76. The predicted octanol–water partition coefficient (Wildman–Crippen LogP) is 2.50. The van der Waals surface area contributed by atoms with Crippen molar-refractivity contribution in [3.8, 4) is 0 Å². The number of Topliss-reactive ketones (excluding diaryl/α,β-unsaturated/α-hetero) is 1. The Labute approximate surface area is 76.5 Å². The van der Waals surface area contributed by atoms with Gasteiger partial charge in [0.15, 0.2) is 0 Å². The summed E-state index contributed by atoms with van der Waals surface area (Å²) in [6, 6.07) is 0. The van der Waals surface area contributed by atoms with Crippen LogP contribution in [0.25, 0.3) is 0 Å². The van der Waals surface area contributed by atoms with E-state index in [0.29, 0.717) is 12.8 Å². The average molecular weight is 188 g/mol. The summed E-state index contributed by atoms with van der Waals surface area (Å²) >= 11 is 0. The number of alkyl halides is 2. The van der Waals surface area contributed by atoms with E-state index < -0.39 is 23.7 Å². The van der Waals surface area contributed by atoms with Crippen LogP contribution >= 0.6 is 0 Å². The van der Waals surface area contributed by atoms with Gasteiger partial charge in [-0.05, 0) is 12.8 Å². The molecule has 2 aliphatic rings. The largest absolute Gasteiger partial charge is 0.299 e. The molecule has 0 aromatic carbocycles. The van der Waals surface area contributed by atoms with E-state index in [2.05, 4.69) is 0 Å². The van der Waals surface area contributed by atoms with Crippen LogP contribution in [0.1, 0.15) is 26.7 Å². The summed E-state index contributed by atoms with van der Waals surface area (Å²) in [5.41, 5.74) is 0. The second kappa shape index (κ2) is 2.52. The number of hydrogen-bond donors (Lipinski definition) is 0. The quantitative estimate of drug-likeness (QED) is 0.570. The SMILES string of the molecule is C[C@@H]1C(=O)[C@@H]2CC[C@H](C)C(F)(F)[C@H]12. The fraction of sp³-hybridized carbons (Fsp3) is 0.900. The number of carbonyl (C=O) groups is 1. The Balaban J connectivity index is 2.24. The molecular weight excluding hydrogens is 174 g/mol. The van der Waals surface area contributed by atoms with Crippen LogP contribution in [0.5, 0.6) is 0 Å². The van der Waals surface area contributed by atoms with Crippen molar-refractivity contribution in [2.45, 2.75) is 32.6 Å². The highest BCUT2D eigenvalue weighted by atomic mass is 19.3. The van der Waals surface area contributed by atoms with Crippen LogP contribution in [0.4, 0.5) is 8.78 Å². The van der Waals surface area contributed by atoms with E-state index in [1.54, 1.807) is 13.8 Å². The van der Waals surface area contributed by atoms with Gasteiger partial charge < -0.3 is 0 Å². The molecule has 2 fully saturated rings. The summed E-state index contributed by atoms with van der Waals surface area (Å²) in [5.74, 6) is -4.52. The molecule has 0 aliphatic heterocycles. The zero-order valence-electron chi connectivity index (χ0n) is 7.89. The minimum Gasteiger partial charge on any atom is -0.299 e. The summed E-state index contributed by atoms with van der Waals surface area (Å²) in [6.45, 7) is 3.22.